The molecule has 0 saturated heterocycles. The van der Waals surface area contributed by atoms with Crippen LogP contribution in [0.4, 0.5) is 11.5 Å². The number of anilines is 2. The Morgan fingerprint density at radius 3 is 2.75 bits per heavy atom. The second-order valence-corrected chi connectivity index (χ2v) is 4.13. The predicted octanol–water partition coefficient (Wildman–Crippen LogP) is 1.74. The van der Waals surface area contributed by atoms with Crippen molar-refractivity contribution in [2.24, 2.45) is 0 Å². The summed E-state index contributed by atoms with van der Waals surface area (Å²) in [4.78, 5) is 26.6. The molecule has 8 heteroatoms. The summed E-state index contributed by atoms with van der Waals surface area (Å²) < 4.78 is 4.84. The second kappa shape index (κ2) is 6.16. The van der Waals surface area contributed by atoms with E-state index in [4.69, 9.17) is 16.3 Å². The number of ether oxygens (including phenoxy) is 1. The SMILES string of the molecule is CCOC(=O)c1n[nH]c(=O)nc1Nc1ccc(Cl)cc1. The zero-order valence-corrected chi connectivity index (χ0v) is 11.3. The van der Waals surface area contributed by atoms with E-state index in [0.29, 0.717) is 10.7 Å². The minimum atomic E-state index is -0.673. The highest BCUT2D eigenvalue weighted by Gasteiger charge is 2.17. The van der Waals surface area contributed by atoms with E-state index in [2.05, 4.69) is 20.5 Å². The van der Waals surface area contributed by atoms with Gasteiger partial charge in [-0.05, 0) is 31.2 Å². The number of esters is 1. The van der Waals surface area contributed by atoms with E-state index in [9.17, 15) is 9.59 Å². The van der Waals surface area contributed by atoms with Crippen molar-refractivity contribution in [3.05, 3.63) is 45.5 Å². The van der Waals surface area contributed by atoms with Gasteiger partial charge in [0.2, 0.25) is 5.69 Å². The van der Waals surface area contributed by atoms with Crippen LogP contribution in [0.15, 0.2) is 29.1 Å². The number of nitrogens with zero attached hydrogens (tertiary/aromatic N) is 2. The maximum atomic E-state index is 11.7. The van der Waals surface area contributed by atoms with Crippen molar-refractivity contribution < 1.29 is 9.53 Å². The number of benzene rings is 1. The summed E-state index contributed by atoms with van der Waals surface area (Å²) in [6.45, 7) is 1.86. The van der Waals surface area contributed by atoms with Crippen molar-refractivity contribution in [1.82, 2.24) is 15.2 Å². The number of nitrogens with one attached hydrogen (secondary N) is 2. The molecule has 0 saturated carbocycles. The first-order chi connectivity index (χ1) is 9.60. The van der Waals surface area contributed by atoms with E-state index in [-0.39, 0.29) is 18.1 Å². The Morgan fingerprint density at radius 2 is 2.10 bits per heavy atom. The number of carbonyl (C=O) groups is 1. The van der Waals surface area contributed by atoms with Gasteiger partial charge in [-0.25, -0.2) is 14.7 Å². The molecule has 1 aromatic carbocycles. The molecular weight excluding hydrogens is 284 g/mol. The number of carbonyl (C=O) groups excluding carboxylic acids is 1. The summed E-state index contributed by atoms with van der Waals surface area (Å²) in [5, 5.41) is 9.14. The van der Waals surface area contributed by atoms with Crippen molar-refractivity contribution in [3.63, 3.8) is 0 Å². The molecule has 0 fully saturated rings. The first-order valence-corrected chi connectivity index (χ1v) is 6.14. The molecule has 7 nitrogen and oxygen atoms in total. The Kier molecular flexibility index (Phi) is 4.31. The van der Waals surface area contributed by atoms with Crippen molar-refractivity contribution in [2.45, 2.75) is 6.92 Å². The molecule has 2 N–H and O–H groups in total. The van der Waals surface area contributed by atoms with Gasteiger partial charge < -0.3 is 10.1 Å². The Balaban J connectivity index is 2.34. The molecule has 0 unspecified atom stereocenters. The molecule has 1 heterocycles. The van der Waals surface area contributed by atoms with Crippen molar-refractivity contribution >= 4 is 29.1 Å². The maximum Gasteiger partial charge on any atom is 0.363 e. The first kappa shape index (κ1) is 14.0. The number of hydrogen-bond donors (Lipinski definition) is 2. The summed E-state index contributed by atoms with van der Waals surface area (Å²) in [5.74, 6) is -0.651. The van der Waals surface area contributed by atoms with E-state index < -0.39 is 11.7 Å². The number of H-pyrrole nitrogens is 1. The monoisotopic (exact) mass is 294 g/mol. The number of aromatic amines is 1. The van der Waals surface area contributed by atoms with E-state index in [1.807, 2.05) is 0 Å². The molecule has 0 aliphatic rings. The lowest BCUT2D eigenvalue weighted by Gasteiger charge is -2.08. The van der Waals surface area contributed by atoms with Crippen molar-refractivity contribution in [3.8, 4) is 0 Å². The van der Waals surface area contributed by atoms with E-state index in [1.165, 1.54) is 0 Å². The van der Waals surface area contributed by atoms with Crippen LogP contribution in [0.5, 0.6) is 0 Å². The summed E-state index contributed by atoms with van der Waals surface area (Å²) in [5.41, 5.74) is -0.157. The van der Waals surface area contributed by atoms with E-state index in [1.54, 1.807) is 31.2 Å². The van der Waals surface area contributed by atoms with Gasteiger partial charge in [0, 0.05) is 10.7 Å². The minimum Gasteiger partial charge on any atom is -0.461 e. The van der Waals surface area contributed by atoms with Crippen molar-refractivity contribution in [2.75, 3.05) is 11.9 Å². The molecule has 0 bridgehead atoms. The molecule has 2 aromatic rings. The topological polar surface area (TPSA) is 97.0 Å². The third-order valence-electron chi connectivity index (χ3n) is 2.28. The van der Waals surface area contributed by atoms with Gasteiger partial charge in [0.25, 0.3) is 0 Å². The third-order valence-corrected chi connectivity index (χ3v) is 2.53. The number of aromatic nitrogens is 3. The smallest absolute Gasteiger partial charge is 0.363 e. The Hall–Kier alpha value is -2.41. The Morgan fingerprint density at radius 1 is 1.40 bits per heavy atom. The lowest BCUT2D eigenvalue weighted by Crippen LogP contribution is -2.20. The summed E-state index contributed by atoms with van der Waals surface area (Å²) in [7, 11) is 0. The summed E-state index contributed by atoms with van der Waals surface area (Å²) >= 11 is 5.78. The number of rotatable bonds is 4. The second-order valence-electron chi connectivity index (χ2n) is 3.69. The highest BCUT2D eigenvalue weighted by molar-refractivity contribution is 6.30. The fourth-order valence-corrected chi connectivity index (χ4v) is 1.56. The van der Waals surface area contributed by atoms with Crippen LogP contribution >= 0.6 is 11.6 Å². The van der Waals surface area contributed by atoms with Gasteiger partial charge in [-0.15, -0.1) is 0 Å². The van der Waals surface area contributed by atoms with Gasteiger partial charge in [-0.3, -0.25) is 0 Å². The van der Waals surface area contributed by atoms with Crippen LogP contribution in [0.1, 0.15) is 17.4 Å². The predicted molar refractivity (Wildman–Crippen MR) is 73.3 cm³/mol. The maximum absolute atomic E-state index is 11.7. The average molecular weight is 295 g/mol. The van der Waals surface area contributed by atoms with E-state index in [0.717, 1.165) is 0 Å². The average Bonchev–Trinajstić information content (AvgIpc) is 2.42. The third kappa shape index (κ3) is 3.33. The quantitative estimate of drug-likeness (QED) is 0.834. The van der Waals surface area contributed by atoms with Crippen LogP contribution in [-0.4, -0.2) is 27.8 Å². The van der Waals surface area contributed by atoms with E-state index >= 15 is 0 Å². The molecule has 2 rings (SSSR count). The fourth-order valence-electron chi connectivity index (χ4n) is 1.44. The molecular formula is C12H11ClN4O3. The lowest BCUT2D eigenvalue weighted by atomic mass is 10.3. The van der Waals surface area contributed by atoms with Gasteiger partial charge in [-0.2, -0.15) is 10.1 Å². The molecule has 1 aromatic heterocycles. The fraction of sp³-hybridized carbons (Fsp3) is 0.167. The summed E-state index contributed by atoms with van der Waals surface area (Å²) in [6.07, 6.45) is 0. The number of hydrogen-bond acceptors (Lipinski definition) is 6. The van der Waals surface area contributed by atoms with Crippen LogP contribution in [-0.2, 0) is 4.74 Å². The van der Waals surface area contributed by atoms with Crippen LogP contribution in [0, 0.1) is 0 Å². The van der Waals surface area contributed by atoms with Crippen LogP contribution in [0.2, 0.25) is 5.02 Å². The minimum absolute atomic E-state index is 0.0227. The van der Waals surface area contributed by atoms with Crippen molar-refractivity contribution in [1.29, 1.82) is 0 Å². The summed E-state index contributed by atoms with van der Waals surface area (Å²) in [6, 6.07) is 6.68. The molecule has 104 valence electrons. The molecule has 0 amide bonds. The van der Waals surface area contributed by atoms with Crippen LogP contribution in [0.25, 0.3) is 0 Å². The Bertz CT molecular complexity index is 669. The van der Waals surface area contributed by atoms with Gasteiger partial charge >= 0.3 is 11.7 Å². The first-order valence-electron chi connectivity index (χ1n) is 5.76. The number of halogens is 1. The van der Waals surface area contributed by atoms with Crippen LogP contribution < -0.4 is 11.0 Å². The molecule has 0 radical (unpaired) electrons. The highest BCUT2D eigenvalue weighted by atomic mass is 35.5. The zero-order chi connectivity index (χ0) is 14.5. The molecule has 0 aliphatic carbocycles. The molecule has 0 atom stereocenters. The highest BCUT2D eigenvalue weighted by Crippen LogP contribution is 2.18. The van der Waals surface area contributed by atoms with Gasteiger partial charge in [0.1, 0.15) is 0 Å². The molecule has 20 heavy (non-hydrogen) atoms. The Labute approximate surface area is 119 Å². The standard InChI is InChI=1S/C12H11ClN4O3/c1-2-20-11(18)9-10(15-12(19)17-16-9)14-8-5-3-7(13)4-6-8/h3-6H,2H2,1H3,(H2,14,15,17,19). The van der Waals surface area contributed by atoms with Gasteiger partial charge in [0.15, 0.2) is 5.82 Å². The molecule has 0 spiro atoms. The van der Waals surface area contributed by atoms with Gasteiger partial charge in [-0.1, -0.05) is 11.6 Å². The molecule has 0 aliphatic heterocycles. The zero-order valence-electron chi connectivity index (χ0n) is 10.5. The lowest BCUT2D eigenvalue weighted by molar-refractivity contribution is 0.0518. The van der Waals surface area contributed by atoms with Gasteiger partial charge in [0.05, 0.1) is 6.61 Å². The van der Waals surface area contributed by atoms with Crippen LogP contribution in [0.3, 0.4) is 0 Å². The normalized spacial score (nSPS) is 10.1. The largest absolute Gasteiger partial charge is 0.461 e.